The summed E-state index contributed by atoms with van der Waals surface area (Å²) in [6.07, 6.45) is 6.89. The van der Waals surface area contributed by atoms with Crippen LogP contribution in [0.1, 0.15) is 38.2 Å². The predicted molar refractivity (Wildman–Crippen MR) is 90.9 cm³/mol. The van der Waals surface area contributed by atoms with Gasteiger partial charge in [-0.1, -0.05) is 56.0 Å². The molecular weight excluding hydrogens is 280 g/mol. The standard InChI is InChI=1S/C18H23ClN2/c1-2-3-4-7-13-21(18-11-5-6-12-20-18)15-16-9-8-10-17(19)14-16/h5-6,8-12,14H,2-4,7,13,15H2,1H3. The second kappa shape index (κ2) is 8.68. The van der Waals surface area contributed by atoms with Crippen molar-refractivity contribution in [1.82, 2.24) is 4.98 Å². The fourth-order valence-corrected chi connectivity index (χ4v) is 2.61. The summed E-state index contributed by atoms with van der Waals surface area (Å²) in [5.41, 5.74) is 1.23. The Kier molecular flexibility index (Phi) is 6.55. The van der Waals surface area contributed by atoms with E-state index in [0.717, 1.165) is 23.9 Å². The molecular formula is C18H23ClN2. The van der Waals surface area contributed by atoms with Gasteiger partial charge in [-0.25, -0.2) is 4.98 Å². The Bertz CT molecular complexity index is 528. The maximum atomic E-state index is 6.09. The second-order valence-corrected chi connectivity index (χ2v) is 5.74. The SMILES string of the molecule is CCCCCCN(Cc1cccc(Cl)c1)c1ccccn1. The van der Waals surface area contributed by atoms with Crippen LogP contribution in [0.15, 0.2) is 48.7 Å². The molecule has 21 heavy (non-hydrogen) atoms. The van der Waals surface area contributed by atoms with E-state index in [-0.39, 0.29) is 0 Å². The average Bonchev–Trinajstić information content (AvgIpc) is 2.51. The number of halogens is 1. The first-order valence-corrected chi connectivity index (χ1v) is 8.08. The van der Waals surface area contributed by atoms with Gasteiger partial charge in [0.05, 0.1) is 0 Å². The summed E-state index contributed by atoms with van der Waals surface area (Å²) in [6.45, 7) is 4.12. The van der Waals surface area contributed by atoms with Gasteiger partial charge in [0.25, 0.3) is 0 Å². The number of hydrogen-bond donors (Lipinski definition) is 0. The normalized spacial score (nSPS) is 10.6. The van der Waals surface area contributed by atoms with Crippen LogP contribution in [0.3, 0.4) is 0 Å². The first-order valence-electron chi connectivity index (χ1n) is 7.70. The van der Waals surface area contributed by atoms with E-state index in [9.17, 15) is 0 Å². The van der Waals surface area contributed by atoms with Crippen LogP contribution < -0.4 is 4.90 Å². The van der Waals surface area contributed by atoms with Crippen LogP contribution in [0.4, 0.5) is 5.82 Å². The second-order valence-electron chi connectivity index (χ2n) is 5.30. The van der Waals surface area contributed by atoms with Crippen molar-refractivity contribution >= 4 is 17.4 Å². The zero-order valence-electron chi connectivity index (χ0n) is 12.6. The number of aromatic nitrogens is 1. The minimum Gasteiger partial charge on any atom is -0.352 e. The molecule has 1 heterocycles. The summed E-state index contributed by atoms with van der Waals surface area (Å²) in [5, 5.41) is 0.791. The van der Waals surface area contributed by atoms with Crippen molar-refractivity contribution in [3.63, 3.8) is 0 Å². The van der Waals surface area contributed by atoms with E-state index >= 15 is 0 Å². The minimum absolute atomic E-state index is 0.791. The van der Waals surface area contributed by atoms with Crippen molar-refractivity contribution in [2.45, 2.75) is 39.2 Å². The smallest absolute Gasteiger partial charge is 0.128 e. The van der Waals surface area contributed by atoms with Gasteiger partial charge in [-0.3, -0.25) is 0 Å². The summed E-state index contributed by atoms with van der Waals surface area (Å²) < 4.78 is 0. The first-order chi connectivity index (χ1) is 10.3. The first kappa shape index (κ1) is 15.8. The summed E-state index contributed by atoms with van der Waals surface area (Å²) >= 11 is 6.09. The van der Waals surface area contributed by atoms with E-state index in [1.165, 1.54) is 31.2 Å². The summed E-state index contributed by atoms with van der Waals surface area (Å²) in [7, 11) is 0. The van der Waals surface area contributed by atoms with E-state index in [0.29, 0.717) is 0 Å². The molecule has 0 N–H and O–H groups in total. The Hall–Kier alpha value is -1.54. The zero-order chi connectivity index (χ0) is 14.9. The van der Waals surface area contributed by atoms with Crippen molar-refractivity contribution in [2.75, 3.05) is 11.4 Å². The number of benzene rings is 1. The summed E-state index contributed by atoms with van der Waals surface area (Å²) in [6, 6.07) is 14.1. The van der Waals surface area contributed by atoms with Gasteiger partial charge < -0.3 is 4.90 Å². The summed E-state index contributed by atoms with van der Waals surface area (Å²) in [4.78, 5) is 6.82. The van der Waals surface area contributed by atoms with Gasteiger partial charge in [0, 0.05) is 24.3 Å². The van der Waals surface area contributed by atoms with Crippen LogP contribution >= 0.6 is 11.6 Å². The number of hydrogen-bond acceptors (Lipinski definition) is 2. The molecule has 0 aliphatic carbocycles. The third kappa shape index (κ3) is 5.39. The largest absolute Gasteiger partial charge is 0.352 e. The molecule has 2 nitrogen and oxygen atoms in total. The molecule has 0 saturated carbocycles. The monoisotopic (exact) mass is 302 g/mol. The minimum atomic E-state index is 0.791. The molecule has 0 spiro atoms. The van der Waals surface area contributed by atoms with Crippen molar-refractivity contribution in [2.24, 2.45) is 0 Å². The van der Waals surface area contributed by atoms with Gasteiger partial charge in [-0.15, -0.1) is 0 Å². The highest BCUT2D eigenvalue weighted by atomic mass is 35.5. The molecule has 3 heteroatoms. The van der Waals surface area contributed by atoms with Crippen LogP contribution in [-0.2, 0) is 6.54 Å². The molecule has 0 saturated heterocycles. The maximum Gasteiger partial charge on any atom is 0.128 e. The van der Waals surface area contributed by atoms with Gasteiger partial charge >= 0.3 is 0 Å². The van der Waals surface area contributed by atoms with Crippen LogP contribution in [0.5, 0.6) is 0 Å². The number of pyridine rings is 1. The van der Waals surface area contributed by atoms with Gasteiger partial charge in [0.15, 0.2) is 0 Å². The molecule has 0 aliphatic heterocycles. The lowest BCUT2D eigenvalue weighted by Gasteiger charge is -2.24. The topological polar surface area (TPSA) is 16.1 Å². The fraction of sp³-hybridized carbons (Fsp3) is 0.389. The van der Waals surface area contributed by atoms with E-state index in [1.54, 1.807) is 0 Å². The summed E-state index contributed by atoms with van der Waals surface area (Å²) in [5.74, 6) is 1.04. The molecule has 0 aliphatic rings. The lowest BCUT2D eigenvalue weighted by Crippen LogP contribution is -2.24. The molecule has 0 bridgehead atoms. The number of nitrogens with zero attached hydrogens (tertiary/aromatic N) is 2. The lowest BCUT2D eigenvalue weighted by molar-refractivity contribution is 0.639. The highest BCUT2D eigenvalue weighted by Gasteiger charge is 2.08. The van der Waals surface area contributed by atoms with Gasteiger partial charge in [0.2, 0.25) is 0 Å². The van der Waals surface area contributed by atoms with E-state index in [2.05, 4.69) is 28.9 Å². The van der Waals surface area contributed by atoms with E-state index in [1.807, 2.05) is 36.5 Å². The molecule has 0 unspecified atom stereocenters. The van der Waals surface area contributed by atoms with Crippen molar-refractivity contribution < 1.29 is 0 Å². The van der Waals surface area contributed by atoms with Crippen molar-refractivity contribution in [3.05, 3.63) is 59.2 Å². The van der Waals surface area contributed by atoms with E-state index < -0.39 is 0 Å². The van der Waals surface area contributed by atoms with Crippen LogP contribution in [0.2, 0.25) is 5.02 Å². The van der Waals surface area contributed by atoms with Crippen molar-refractivity contribution in [3.8, 4) is 0 Å². The Morgan fingerprint density at radius 2 is 1.95 bits per heavy atom. The van der Waals surface area contributed by atoms with Crippen LogP contribution in [0, 0.1) is 0 Å². The Labute approximate surface area is 132 Å². The predicted octanol–water partition coefficient (Wildman–Crippen LogP) is 5.32. The van der Waals surface area contributed by atoms with Gasteiger partial charge in [-0.2, -0.15) is 0 Å². The molecule has 2 rings (SSSR count). The zero-order valence-corrected chi connectivity index (χ0v) is 13.4. The van der Waals surface area contributed by atoms with Crippen LogP contribution in [0.25, 0.3) is 0 Å². The maximum absolute atomic E-state index is 6.09. The Morgan fingerprint density at radius 3 is 2.67 bits per heavy atom. The van der Waals surface area contributed by atoms with Gasteiger partial charge in [-0.05, 0) is 36.2 Å². The molecule has 112 valence electrons. The van der Waals surface area contributed by atoms with E-state index in [4.69, 9.17) is 11.6 Å². The third-order valence-corrected chi connectivity index (χ3v) is 3.75. The Morgan fingerprint density at radius 1 is 1.05 bits per heavy atom. The fourth-order valence-electron chi connectivity index (χ4n) is 2.40. The van der Waals surface area contributed by atoms with Crippen LogP contribution in [-0.4, -0.2) is 11.5 Å². The number of unbranched alkanes of at least 4 members (excludes halogenated alkanes) is 3. The number of anilines is 1. The quantitative estimate of drug-likeness (QED) is 0.613. The highest BCUT2D eigenvalue weighted by Crippen LogP contribution is 2.18. The molecule has 0 atom stereocenters. The third-order valence-electron chi connectivity index (χ3n) is 3.52. The van der Waals surface area contributed by atoms with Crippen molar-refractivity contribution in [1.29, 1.82) is 0 Å². The molecule has 2 aromatic rings. The average molecular weight is 303 g/mol. The van der Waals surface area contributed by atoms with Gasteiger partial charge in [0.1, 0.15) is 5.82 Å². The number of rotatable bonds is 8. The molecule has 0 fully saturated rings. The highest BCUT2D eigenvalue weighted by molar-refractivity contribution is 6.30. The lowest BCUT2D eigenvalue weighted by atomic mass is 10.1. The molecule has 0 amide bonds. The Balaban J connectivity index is 2.04. The molecule has 1 aromatic carbocycles. The molecule has 0 radical (unpaired) electrons. The molecule has 1 aromatic heterocycles.